The summed E-state index contributed by atoms with van der Waals surface area (Å²) in [5.74, 6) is 0.736. The molecule has 0 aromatic heterocycles. The average Bonchev–Trinajstić information content (AvgIpc) is 2.34. The van der Waals surface area contributed by atoms with Gasteiger partial charge in [-0.3, -0.25) is 0 Å². The molecule has 0 spiro atoms. The molecule has 94 valence electrons. The van der Waals surface area contributed by atoms with Gasteiger partial charge in [-0.1, -0.05) is 39.1 Å². The number of benzene rings is 2. The molecular formula is C13H10BrCl2NS. The standard InChI is InChI=1S/C13H10BrCl2NS/c14-9-1-4-12(17)13(6-9)18-7-8-5-10(15)2-3-11(8)16/h1-6H,7,17H2. The predicted octanol–water partition coefficient (Wildman–Crippen LogP) is 5.63. The van der Waals surface area contributed by atoms with E-state index in [0.717, 1.165) is 31.4 Å². The van der Waals surface area contributed by atoms with Crippen LogP contribution in [0.5, 0.6) is 0 Å². The third kappa shape index (κ3) is 3.58. The van der Waals surface area contributed by atoms with Crippen LogP contribution in [-0.2, 0) is 5.75 Å². The number of thioether (sulfide) groups is 1. The highest BCUT2D eigenvalue weighted by Gasteiger charge is 2.05. The Hall–Kier alpha value is -0.350. The van der Waals surface area contributed by atoms with Gasteiger partial charge in [-0.15, -0.1) is 11.8 Å². The maximum absolute atomic E-state index is 6.12. The topological polar surface area (TPSA) is 26.0 Å². The number of hydrogen-bond acceptors (Lipinski definition) is 2. The van der Waals surface area contributed by atoms with E-state index in [4.69, 9.17) is 28.9 Å². The summed E-state index contributed by atoms with van der Waals surface area (Å²) in [6.07, 6.45) is 0. The molecule has 0 atom stereocenters. The highest BCUT2D eigenvalue weighted by Crippen LogP contribution is 2.33. The molecule has 0 aliphatic carbocycles. The van der Waals surface area contributed by atoms with Gasteiger partial charge in [-0.25, -0.2) is 0 Å². The fourth-order valence-electron chi connectivity index (χ4n) is 1.44. The van der Waals surface area contributed by atoms with E-state index < -0.39 is 0 Å². The van der Waals surface area contributed by atoms with E-state index in [1.54, 1.807) is 17.8 Å². The lowest BCUT2D eigenvalue weighted by atomic mass is 10.2. The van der Waals surface area contributed by atoms with E-state index in [-0.39, 0.29) is 0 Å². The van der Waals surface area contributed by atoms with Gasteiger partial charge in [-0.2, -0.15) is 0 Å². The van der Waals surface area contributed by atoms with E-state index in [9.17, 15) is 0 Å². The van der Waals surface area contributed by atoms with Crippen molar-refractivity contribution in [1.29, 1.82) is 0 Å². The van der Waals surface area contributed by atoms with Crippen LogP contribution in [-0.4, -0.2) is 0 Å². The first-order chi connectivity index (χ1) is 8.56. The highest BCUT2D eigenvalue weighted by atomic mass is 79.9. The van der Waals surface area contributed by atoms with Crippen LogP contribution in [0.2, 0.25) is 10.0 Å². The quantitative estimate of drug-likeness (QED) is 0.565. The van der Waals surface area contributed by atoms with Crippen molar-refractivity contribution in [3.63, 3.8) is 0 Å². The lowest BCUT2D eigenvalue weighted by Gasteiger charge is -2.07. The molecule has 0 aliphatic heterocycles. The highest BCUT2D eigenvalue weighted by molar-refractivity contribution is 9.10. The Morgan fingerprint density at radius 2 is 1.89 bits per heavy atom. The van der Waals surface area contributed by atoms with Crippen LogP contribution < -0.4 is 5.73 Å². The summed E-state index contributed by atoms with van der Waals surface area (Å²) in [6, 6.07) is 11.3. The lowest BCUT2D eigenvalue weighted by Crippen LogP contribution is -1.89. The largest absolute Gasteiger partial charge is 0.398 e. The molecule has 0 heterocycles. The van der Waals surface area contributed by atoms with Crippen LogP contribution in [0.15, 0.2) is 45.8 Å². The van der Waals surface area contributed by atoms with Gasteiger partial charge in [0, 0.05) is 30.9 Å². The molecule has 0 amide bonds. The van der Waals surface area contributed by atoms with Crippen molar-refractivity contribution >= 4 is 56.6 Å². The van der Waals surface area contributed by atoms with Crippen LogP contribution in [0.25, 0.3) is 0 Å². The minimum Gasteiger partial charge on any atom is -0.398 e. The van der Waals surface area contributed by atoms with Crippen LogP contribution in [0.3, 0.4) is 0 Å². The minimum atomic E-state index is 0.692. The van der Waals surface area contributed by atoms with Gasteiger partial charge in [0.25, 0.3) is 0 Å². The minimum absolute atomic E-state index is 0.692. The van der Waals surface area contributed by atoms with Gasteiger partial charge in [0.2, 0.25) is 0 Å². The molecule has 2 rings (SSSR count). The Morgan fingerprint density at radius 1 is 1.11 bits per heavy atom. The molecule has 2 N–H and O–H groups in total. The summed E-state index contributed by atoms with van der Waals surface area (Å²) in [5, 5.41) is 1.41. The number of nitrogens with two attached hydrogens (primary N) is 1. The maximum atomic E-state index is 6.12. The van der Waals surface area contributed by atoms with Crippen LogP contribution in [0.4, 0.5) is 5.69 Å². The predicted molar refractivity (Wildman–Crippen MR) is 84.6 cm³/mol. The molecule has 18 heavy (non-hydrogen) atoms. The summed E-state index contributed by atoms with van der Waals surface area (Å²) in [4.78, 5) is 1.03. The van der Waals surface area contributed by atoms with Crippen molar-refractivity contribution in [2.75, 3.05) is 5.73 Å². The molecular weight excluding hydrogens is 353 g/mol. The second-order valence-electron chi connectivity index (χ2n) is 3.71. The van der Waals surface area contributed by atoms with Crippen molar-refractivity contribution in [2.45, 2.75) is 10.6 Å². The van der Waals surface area contributed by atoms with Crippen LogP contribution in [0.1, 0.15) is 5.56 Å². The van der Waals surface area contributed by atoms with Gasteiger partial charge in [0.1, 0.15) is 0 Å². The Labute approximate surface area is 129 Å². The first kappa shape index (κ1) is 14.1. The Balaban J connectivity index is 2.16. The zero-order valence-electron chi connectivity index (χ0n) is 9.29. The monoisotopic (exact) mass is 361 g/mol. The zero-order chi connectivity index (χ0) is 13.1. The summed E-state index contributed by atoms with van der Waals surface area (Å²) in [7, 11) is 0. The summed E-state index contributed by atoms with van der Waals surface area (Å²) >= 11 is 17.1. The van der Waals surface area contributed by atoms with Crippen LogP contribution in [0, 0.1) is 0 Å². The average molecular weight is 363 g/mol. The molecule has 1 nitrogen and oxygen atoms in total. The number of anilines is 1. The number of rotatable bonds is 3. The van der Waals surface area contributed by atoms with Crippen molar-refractivity contribution in [2.24, 2.45) is 0 Å². The van der Waals surface area contributed by atoms with E-state index in [0.29, 0.717) is 5.02 Å². The normalized spacial score (nSPS) is 10.6. The molecule has 0 fully saturated rings. The van der Waals surface area contributed by atoms with E-state index in [1.165, 1.54) is 0 Å². The van der Waals surface area contributed by atoms with Gasteiger partial charge in [0.15, 0.2) is 0 Å². The number of halogens is 3. The molecule has 0 aliphatic rings. The van der Waals surface area contributed by atoms with Crippen LogP contribution >= 0.6 is 50.9 Å². The Kier molecular flexibility index (Phi) is 4.84. The second kappa shape index (κ2) is 6.20. The summed E-state index contributed by atoms with van der Waals surface area (Å²) in [6.45, 7) is 0. The first-order valence-electron chi connectivity index (χ1n) is 5.18. The zero-order valence-corrected chi connectivity index (χ0v) is 13.2. The molecule has 0 radical (unpaired) electrons. The fraction of sp³-hybridized carbons (Fsp3) is 0.0769. The molecule has 0 saturated heterocycles. The Bertz CT molecular complexity index is 523. The third-order valence-corrected chi connectivity index (χ3v) is 4.58. The maximum Gasteiger partial charge on any atom is 0.0453 e. The molecule has 0 bridgehead atoms. The van der Waals surface area contributed by atoms with Crippen molar-refractivity contribution < 1.29 is 0 Å². The molecule has 2 aromatic rings. The molecule has 0 saturated carbocycles. The van der Waals surface area contributed by atoms with Gasteiger partial charge in [-0.05, 0) is 42.0 Å². The van der Waals surface area contributed by atoms with Gasteiger partial charge >= 0.3 is 0 Å². The fourth-order valence-corrected chi connectivity index (χ4v) is 3.41. The lowest BCUT2D eigenvalue weighted by molar-refractivity contribution is 1.37. The van der Waals surface area contributed by atoms with Crippen molar-refractivity contribution in [3.8, 4) is 0 Å². The van der Waals surface area contributed by atoms with E-state index >= 15 is 0 Å². The molecule has 0 unspecified atom stereocenters. The van der Waals surface area contributed by atoms with E-state index in [2.05, 4.69) is 15.9 Å². The third-order valence-electron chi connectivity index (χ3n) is 2.37. The SMILES string of the molecule is Nc1ccc(Br)cc1SCc1cc(Cl)ccc1Cl. The second-order valence-corrected chi connectivity index (χ2v) is 6.48. The van der Waals surface area contributed by atoms with E-state index in [1.807, 2.05) is 30.3 Å². The summed E-state index contributed by atoms with van der Waals surface area (Å²) < 4.78 is 1.01. The smallest absolute Gasteiger partial charge is 0.0453 e. The summed E-state index contributed by atoms with van der Waals surface area (Å²) in [5.41, 5.74) is 7.69. The number of nitrogen functional groups attached to an aromatic ring is 1. The molecule has 2 aromatic carbocycles. The van der Waals surface area contributed by atoms with Crippen molar-refractivity contribution in [3.05, 3.63) is 56.5 Å². The van der Waals surface area contributed by atoms with Crippen molar-refractivity contribution in [1.82, 2.24) is 0 Å². The van der Waals surface area contributed by atoms with Gasteiger partial charge < -0.3 is 5.73 Å². The molecule has 5 heteroatoms. The first-order valence-corrected chi connectivity index (χ1v) is 7.71. The number of hydrogen-bond donors (Lipinski definition) is 1. The van der Waals surface area contributed by atoms with Gasteiger partial charge in [0.05, 0.1) is 0 Å². The Morgan fingerprint density at radius 3 is 2.67 bits per heavy atom.